The minimum absolute atomic E-state index is 0.0840. The number of aliphatic hydroxyl groups excluding tert-OH is 1. The van der Waals surface area contributed by atoms with E-state index in [-0.39, 0.29) is 18.1 Å². The van der Waals surface area contributed by atoms with Crippen LogP contribution >= 0.6 is 0 Å². The van der Waals surface area contributed by atoms with Crippen LogP contribution in [0.4, 0.5) is 0 Å². The molecule has 96 valence electrons. The van der Waals surface area contributed by atoms with Gasteiger partial charge in [-0.05, 0) is 33.1 Å². The molecule has 0 rings (SSSR count). The molecule has 16 heavy (non-hydrogen) atoms. The average molecular weight is 230 g/mol. The number of hydrogen-bond acceptors (Lipinski definition) is 3. The zero-order valence-electron chi connectivity index (χ0n) is 10.6. The van der Waals surface area contributed by atoms with Gasteiger partial charge in [0.15, 0.2) is 0 Å². The fourth-order valence-electron chi connectivity index (χ4n) is 1.34. The Morgan fingerprint density at radius 2 is 1.88 bits per heavy atom. The first-order valence-electron chi connectivity index (χ1n) is 6.12. The zero-order valence-corrected chi connectivity index (χ0v) is 10.6. The topological polar surface area (TPSA) is 75.4 Å². The summed E-state index contributed by atoms with van der Waals surface area (Å²) >= 11 is 0. The van der Waals surface area contributed by atoms with Crippen molar-refractivity contribution in [1.82, 2.24) is 5.32 Å². The minimum Gasteiger partial charge on any atom is -0.396 e. The van der Waals surface area contributed by atoms with Gasteiger partial charge in [0.05, 0.1) is 0 Å². The summed E-state index contributed by atoms with van der Waals surface area (Å²) in [7, 11) is 0. The van der Waals surface area contributed by atoms with Crippen molar-refractivity contribution >= 4 is 5.91 Å². The smallest absolute Gasteiger partial charge is 0.220 e. The fourth-order valence-corrected chi connectivity index (χ4v) is 1.34. The van der Waals surface area contributed by atoms with Crippen molar-refractivity contribution in [3.8, 4) is 0 Å². The average Bonchev–Trinajstić information content (AvgIpc) is 2.19. The summed E-state index contributed by atoms with van der Waals surface area (Å²) in [5.41, 5.74) is 5.52. The summed E-state index contributed by atoms with van der Waals surface area (Å²) in [4.78, 5) is 11.4. The Hall–Kier alpha value is -0.610. The van der Waals surface area contributed by atoms with Crippen LogP contribution in [0.3, 0.4) is 0 Å². The summed E-state index contributed by atoms with van der Waals surface area (Å²) in [5.74, 6) is 0.0840. The Labute approximate surface area is 98.6 Å². The van der Waals surface area contributed by atoms with E-state index in [0.29, 0.717) is 12.8 Å². The van der Waals surface area contributed by atoms with Gasteiger partial charge >= 0.3 is 0 Å². The first-order valence-corrected chi connectivity index (χ1v) is 6.12. The van der Waals surface area contributed by atoms with E-state index in [0.717, 1.165) is 32.2 Å². The first-order chi connectivity index (χ1) is 7.45. The number of carbonyl (C=O) groups is 1. The lowest BCUT2D eigenvalue weighted by atomic mass is 10.00. The highest BCUT2D eigenvalue weighted by Gasteiger charge is 2.12. The highest BCUT2D eigenvalue weighted by atomic mass is 16.2. The number of hydrogen-bond donors (Lipinski definition) is 3. The van der Waals surface area contributed by atoms with Crippen LogP contribution in [-0.4, -0.2) is 29.7 Å². The molecular formula is C12H26N2O2. The Bertz CT molecular complexity index is 188. The number of unbranched alkanes of at least 4 members (excludes halogenated alkanes) is 3. The number of nitrogens with two attached hydrogens (primary N) is 1. The minimum atomic E-state index is -0.265. The van der Waals surface area contributed by atoms with E-state index in [2.05, 4.69) is 5.32 Å². The molecule has 0 radical (unpaired) electrons. The van der Waals surface area contributed by atoms with E-state index < -0.39 is 0 Å². The molecule has 0 saturated heterocycles. The van der Waals surface area contributed by atoms with Gasteiger partial charge in [0, 0.05) is 25.1 Å². The number of aliphatic hydroxyl groups is 1. The highest BCUT2D eigenvalue weighted by Crippen LogP contribution is 2.06. The van der Waals surface area contributed by atoms with Crippen LogP contribution in [-0.2, 0) is 4.79 Å². The molecule has 0 aromatic carbocycles. The third-order valence-corrected chi connectivity index (χ3v) is 2.40. The van der Waals surface area contributed by atoms with E-state index in [4.69, 9.17) is 10.8 Å². The van der Waals surface area contributed by atoms with E-state index in [9.17, 15) is 4.79 Å². The summed E-state index contributed by atoms with van der Waals surface area (Å²) < 4.78 is 0. The molecule has 0 unspecified atom stereocenters. The lowest BCUT2D eigenvalue weighted by molar-refractivity contribution is -0.121. The first kappa shape index (κ1) is 15.4. The molecule has 0 aromatic rings. The predicted octanol–water partition coefficient (Wildman–Crippen LogP) is 1.17. The second kappa shape index (κ2) is 8.53. The summed E-state index contributed by atoms with van der Waals surface area (Å²) in [6.07, 6.45) is 5.14. The molecule has 1 amide bonds. The van der Waals surface area contributed by atoms with Gasteiger partial charge in [-0.2, -0.15) is 0 Å². The van der Waals surface area contributed by atoms with Gasteiger partial charge in [-0.1, -0.05) is 12.8 Å². The lowest BCUT2D eigenvalue weighted by Crippen LogP contribution is -2.34. The van der Waals surface area contributed by atoms with E-state index in [1.54, 1.807) is 0 Å². The molecular weight excluding hydrogens is 204 g/mol. The molecule has 0 aromatic heterocycles. The maximum Gasteiger partial charge on any atom is 0.220 e. The Kier molecular flexibility index (Phi) is 8.21. The number of nitrogens with one attached hydrogen (secondary N) is 1. The third kappa shape index (κ3) is 11.5. The zero-order chi connectivity index (χ0) is 12.4. The maximum absolute atomic E-state index is 11.4. The van der Waals surface area contributed by atoms with Crippen molar-refractivity contribution in [3.63, 3.8) is 0 Å². The number of rotatable bonds is 9. The van der Waals surface area contributed by atoms with E-state index in [1.807, 2.05) is 13.8 Å². The van der Waals surface area contributed by atoms with Crippen molar-refractivity contribution in [2.75, 3.05) is 13.2 Å². The molecule has 0 spiro atoms. The van der Waals surface area contributed by atoms with Gasteiger partial charge in [-0.25, -0.2) is 0 Å². The van der Waals surface area contributed by atoms with Crippen molar-refractivity contribution in [2.45, 2.75) is 57.9 Å². The normalized spacial score (nSPS) is 11.5. The Morgan fingerprint density at radius 1 is 1.25 bits per heavy atom. The van der Waals surface area contributed by atoms with Gasteiger partial charge in [-0.3, -0.25) is 4.79 Å². The van der Waals surface area contributed by atoms with E-state index >= 15 is 0 Å². The highest BCUT2D eigenvalue weighted by molar-refractivity contribution is 5.75. The standard InChI is InChI=1S/C12H26N2O2/c1-12(2,13)8-7-11(16)14-9-5-3-4-6-10-15/h15H,3-10,13H2,1-2H3,(H,14,16). The molecule has 0 bridgehead atoms. The molecule has 4 N–H and O–H groups in total. The van der Waals surface area contributed by atoms with Crippen molar-refractivity contribution in [2.24, 2.45) is 5.73 Å². The van der Waals surface area contributed by atoms with Gasteiger partial charge in [0.2, 0.25) is 5.91 Å². The molecule has 0 atom stereocenters. The lowest BCUT2D eigenvalue weighted by Gasteiger charge is -2.17. The molecule has 0 aliphatic rings. The Morgan fingerprint density at radius 3 is 2.44 bits per heavy atom. The van der Waals surface area contributed by atoms with Gasteiger partial charge < -0.3 is 16.2 Å². The second-order valence-electron chi connectivity index (χ2n) is 4.98. The van der Waals surface area contributed by atoms with Gasteiger partial charge in [0.25, 0.3) is 0 Å². The van der Waals surface area contributed by atoms with Crippen molar-refractivity contribution < 1.29 is 9.90 Å². The molecule has 0 heterocycles. The van der Waals surface area contributed by atoms with Crippen molar-refractivity contribution in [3.05, 3.63) is 0 Å². The summed E-state index contributed by atoms with van der Waals surface area (Å²) in [6.45, 7) is 4.84. The summed E-state index contributed by atoms with van der Waals surface area (Å²) in [6, 6.07) is 0. The van der Waals surface area contributed by atoms with Crippen LogP contribution in [0.5, 0.6) is 0 Å². The van der Waals surface area contributed by atoms with Gasteiger partial charge in [0.1, 0.15) is 0 Å². The fraction of sp³-hybridized carbons (Fsp3) is 0.917. The monoisotopic (exact) mass is 230 g/mol. The third-order valence-electron chi connectivity index (χ3n) is 2.40. The Balaban J connectivity index is 3.31. The van der Waals surface area contributed by atoms with Crippen molar-refractivity contribution in [1.29, 1.82) is 0 Å². The molecule has 4 heteroatoms. The largest absolute Gasteiger partial charge is 0.396 e. The number of carbonyl (C=O) groups excluding carboxylic acids is 1. The maximum atomic E-state index is 11.4. The molecule has 0 aliphatic heterocycles. The SMILES string of the molecule is CC(C)(N)CCC(=O)NCCCCCCO. The molecule has 0 saturated carbocycles. The number of amides is 1. The summed E-state index contributed by atoms with van der Waals surface area (Å²) in [5, 5.41) is 11.5. The molecule has 4 nitrogen and oxygen atoms in total. The quantitative estimate of drug-likeness (QED) is 0.520. The van der Waals surface area contributed by atoms with Crippen LogP contribution < -0.4 is 11.1 Å². The van der Waals surface area contributed by atoms with Crippen LogP contribution in [0.25, 0.3) is 0 Å². The van der Waals surface area contributed by atoms with Crippen LogP contribution in [0.15, 0.2) is 0 Å². The molecule has 0 aliphatic carbocycles. The van der Waals surface area contributed by atoms with Crippen LogP contribution in [0.1, 0.15) is 52.4 Å². The predicted molar refractivity (Wildman–Crippen MR) is 66.1 cm³/mol. The van der Waals surface area contributed by atoms with E-state index in [1.165, 1.54) is 0 Å². The van der Waals surface area contributed by atoms with Gasteiger partial charge in [-0.15, -0.1) is 0 Å². The van der Waals surface area contributed by atoms with Crippen LogP contribution in [0.2, 0.25) is 0 Å². The molecule has 0 fully saturated rings. The second-order valence-corrected chi connectivity index (χ2v) is 4.98. The van der Waals surface area contributed by atoms with Crippen LogP contribution in [0, 0.1) is 0 Å².